The number of carbonyl (C=O) groups excluding carboxylic acids is 3. The first kappa shape index (κ1) is 30.5. The Kier molecular flexibility index (Phi) is 9.02. The number of piperidine rings is 1. The largest absolute Gasteiger partial charge is 0.489 e. The molecule has 3 amide bonds. The topological polar surface area (TPSA) is 143 Å². The van der Waals surface area contributed by atoms with Crippen LogP contribution < -0.4 is 15.5 Å². The first-order valence-electron chi connectivity index (χ1n) is 15.0. The van der Waals surface area contributed by atoms with E-state index in [9.17, 15) is 19.6 Å². The molecule has 11 nitrogen and oxygen atoms in total. The number of aromatic nitrogens is 2. The number of benzene rings is 3. The van der Waals surface area contributed by atoms with Crippen molar-refractivity contribution >= 4 is 45.4 Å². The van der Waals surface area contributed by atoms with Crippen LogP contribution in [-0.2, 0) is 27.5 Å². The fourth-order valence-electron chi connectivity index (χ4n) is 5.84. The molecule has 1 saturated heterocycles. The maximum atomic E-state index is 13.3. The van der Waals surface area contributed by atoms with E-state index in [1.54, 1.807) is 42.0 Å². The van der Waals surface area contributed by atoms with Gasteiger partial charge >= 0.3 is 6.09 Å². The van der Waals surface area contributed by atoms with Crippen LogP contribution in [-0.4, -0.2) is 51.1 Å². The Morgan fingerprint density at radius 2 is 1.59 bits per heavy atom. The minimum Gasteiger partial charge on any atom is -0.489 e. The molecule has 234 valence electrons. The number of carbonyl (C=O) groups is 3. The molecule has 1 aliphatic heterocycles. The molecular weight excluding hydrogens is 586 g/mol. The lowest BCUT2D eigenvalue weighted by atomic mass is 9.84. The number of nitrogens with zero attached hydrogens (tertiary/aromatic N) is 3. The van der Waals surface area contributed by atoms with Crippen LogP contribution in [0.5, 0.6) is 5.75 Å². The van der Waals surface area contributed by atoms with Gasteiger partial charge in [0.05, 0.1) is 22.9 Å². The van der Waals surface area contributed by atoms with Crippen molar-refractivity contribution in [2.24, 2.45) is 11.8 Å². The van der Waals surface area contributed by atoms with Crippen LogP contribution in [0.3, 0.4) is 0 Å². The fraction of sp³-hybridized carbons (Fsp3) is 0.229. The first-order chi connectivity index (χ1) is 22.4. The molecule has 0 unspecified atom stereocenters. The molecule has 3 heterocycles. The summed E-state index contributed by atoms with van der Waals surface area (Å²) in [5.41, 5.74) is 6.60. The van der Waals surface area contributed by atoms with Gasteiger partial charge in [-0.25, -0.2) is 10.3 Å². The Bertz CT molecular complexity index is 1890. The van der Waals surface area contributed by atoms with Gasteiger partial charge in [0.1, 0.15) is 19.0 Å². The van der Waals surface area contributed by atoms with Crippen molar-refractivity contribution in [1.82, 2.24) is 20.3 Å². The van der Waals surface area contributed by atoms with Gasteiger partial charge in [-0.3, -0.25) is 24.8 Å². The van der Waals surface area contributed by atoms with Crippen LogP contribution >= 0.6 is 0 Å². The molecule has 3 aromatic carbocycles. The number of ether oxygens (including phenoxy) is 2. The molecule has 0 bridgehead atoms. The van der Waals surface area contributed by atoms with Crippen molar-refractivity contribution < 1.29 is 29.1 Å². The summed E-state index contributed by atoms with van der Waals surface area (Å²) >= 11 is 0. The highest BCUT2D eigenvalue weighted by Gasteiger charge is 2.40. The number of fused-ring (bicyclic) bond motifs is 2. The number of para-hydroxylation sites is 2. The summed E-state index contributed by atoms with van der Waals surface area (Å²) in [5.74, 6) is -2.27. The Labute approximate surface area is 265 Å². The maximum Gasteiger partial charge on any atom is 0.410 e. The van der Waals surface area contributed by atoms with E-state index in [1.165, 1.54) is 4.90 Å². The van der Waals surface area contributed by atoms with Crippen molar-refractivity contribution in [3.8, 4) is 5.75 Å². The summed E-state index contributed by atoms with van der Waals surface area (Å²) < 4.78 is 11.6. The minimum absolute atomic E-state index is 0.0254. The second-order valence-corrected chi connectivity index (χ2v) is 11.2. The average Bonchev–Trinajstić information content (AvgIpc) is 3.09. The zero-order valence-corrected chi connectivity index (χ0v) is 25.2. The van der Waals surface area contributed by atoms with Crippen molar-refractivity contribution in [1.29, 1.82) is 0 Å². The number of hydrogen-bond donors (Lipinski definition) is 3. The number of aryl methyl sites for hydroxylation is 1. The van der Waals surface area contributed by atoms with Crippen molar-refractivity contribution in [3.05, 3.63) is 108 Å². The molecule has 0 radical (unpaired) electrons. The summed E-state index contributed by atoms with van der Waals surface area (Å²) in [6.45, 7) is 2.45. The number of pyridine rings is 2. The van der Waals surface area contributed by atoms with Crippen molar-refractivity contribution in [3.63, 3.8) is 0 Å². The molecule has 2 aromatic heterocycles. The van der Waals surface area contributed by atoms with Gasteiger partial charge in [-0.15, -0.1) is 0 Å². The van der Waals surface area contributed by atoms with Crippen LogP contribution in [0, 0.1) is 18.8 Å². The second kappa shape index (κ2) is 13.6. The number of hydrogen-bond acceptors (Lipinski definition) is 8. The molecule has 0 saturated carbocycles. The van der Waals surface area contributed by atoms with Gasteiger partial charge in [0.15, 0.2) is 0 Å². The Morgan fingerprint density at radius 3 is 2.35 bits per heavy atom. The highest BCUT2D eigenvalue weighted by Crippen LogP contribution is 2.28. The van der Waals surface area contributed by atoms with E-state index in [1.807, 2.05) is 61.5 Å². The van der Waals surface area contributed by atoms with Crippen molar-refractivity contribution in [2.45, 2.75) is 26.6 Å². The highest BCUT2D eigenvalue weighted by atomic mass is 16.6. The van der Waals surface area contributed by atoms with E-state index in [2.05, 4.69) is 15.3 Å². The number of anilines is 1. The third kappa shape index (κ3) is 6.74. The van der Waals surface area contributed by atoms with E-state index < -0.39 is 29.7 Å². The molecule has 5 aromatic rings. The highest BCUT2D eigenvalue weighted by molar-refractivity contribution is 5.96. The van der Waals surface area contributed by atoms with Gasteiger partial charge in [-0.1, -0.05) is 36.4 Å². The lowest BCUT2D eigenvalue weighted by Gasteiger charge is -2.36. The van der Waals surface area contributed by atoms with Gasteiger partial charge in [0, 0.05) is 52.6 Å². The van der Waals surface area contributed by atoms with Crippen LogP contribution in [0.1, 0.15) is 23.2 Å². The van der Waals surface area contributed by atoms with Gasteiger partial charge < -0.3 is 19.7 Å². The number of hydroxylamine groups is 1. The molecule has 2 atom stereocenters. The molecule has 6 rings (SSSR count). The third-order valence-electron chi connectivity index (χ3n) is 8.19. The number of nitrogens with one attached hydrogen (secondary N) is 2. The van der Waals surface area contributed by atoms with E-state index in [4.69, 9.17) is 9.47 Å². The molecule has 0 aliphatic carbocycles. The van der Waals surface area contributed by atoms with Gasteiger partial charge in [-0.2, -0.15) is 0 Å². The zero-order valence-electron chi connectivity index (χ0n) is 25.2. The van der Waals surface area contributed by atoms with E-state index in [0.717, 1.165) is 38.6 Å². The van der Waals surface area contributed by atoms with E-state index in [-0.39, 0.29) is 26.1 Å². The summed E-state index contributed by atoms with van der Waals surface area (Å²) in [6, 6.07) is 26.2. The lowest BCUT2D eigenvalue weighted by Crippen LogP contribution is -2.52. The smallest absolute Gasteiger partial charge is 0.410 e. The second-order valence-electron chi connectivity index (χ2n) is 11.2. The zero-order chi connectivity index (χ0) is 32.0. The number of rotatable bonds is 8. The molecular formula is C35H33N5O6. The molecule has 0 spiro atoms. The fourth-order valence-corrected chi connectivity index (χ4v) is 5.84. The van der Waals surface area contributed by atoms with Gasteiger partial charge in [0.2, 0.25) is 11.8 Å². The van der Waals surface area contributed by atoms with Crippen LogP contribution in [0.15, 0.2) is 91.1 Å². The third-order valence-corrected chi connectivity index (χ3v) is 8.19. The summed E-state index contributed by atoms with van der Waals surface area (Å²) in [7, 11) is 0. The van der Waals surface area contributed by atoms with E-state index in [0.29, 0.717) is 18.0 Å². The Balaban J connectivity index is 1.05. The quantitative estimate of drug-likeness (QED) is 0.155. The standard InChI is InChI=1S/C35H33N5O6/c1-22-18-24(28-7-3-5-9-32(28)37-22)21-45-26-12-10-25(11-13-26)38-33(41)29-15-17-40(19-30(29)34(42)39-44)35(43)46-20-23-14-16-36-31-8-4-2-6-27(23)31/h2-14,16,18,29-30,44H,15,17,19-21H2,1H3,(H,38,41)(H,39,42)/t29-,30-/m0/s1. The van der Waals surface area contributed by atoms with Crippen molar-refractivity contribution in [2.75, 3.05) is 18.4 Å². The van der Waals surface area contributed by atoms with Crippen LogP contribution in [0.2, 0.25) is 0 Å². The molecule has 11 heteroatoms. The normalized spacial score (nSPS) is 16.2. The SMILES string of the molecule is Cc1cc(COc2ccc(NC(=O)[C@H]3CCN(C(=O)OCc4ccnc5ccccc45)C[C@@H]3C(=O)NO)cc2)c2ccccc2n1. The summed E-state index contributed by atoms with van der Waals surface area (Å²) in [5, 5.41) is 14.2. The predicted octanol–water partition coefficient (Wildman–Crippen LogP) is 5.39. The average molecular weight is 620 g/mol. The summed E-state index contributed by atoms with van der Waals surface area (Å²) in [4.78, 5) is 49.2. The predicted molar refractivity (Wildman–Crippen MR) is 171 cm³/mol. The number of likely N-dealkylation sites (tertiary alicyclic amines) is 1. The van der Waals surface area contributed by atoms with Gasteiger partial charge in [0.25, 0.3) is 0 Å². The van der Waals surface area contributed by atoms with Crippen LogP contribution in [0.25, 0.3) is 21.8 Å². The maximum absolute atomic E-state index is 13.3. The van der Waals surface area contributed by atoms with Crippen LogP contribution in [0.4, 0.5) is 10.5 Å². The van der Waals surface area contributed by atoms with E-state index >= 15 is 0 Å². The van der Waals surface area contributed by atoms with Gasteiger partial charge in [-0.05, 0) is 61.9 Å². The Morgan fingerprint density at radius 1 is 0.870 bits per heavy atom. The number of amides is 3. The lowest BCUT2D eigenvalue weighted by molar-refractivity contribution is -0.141. The Hall–Kier alpha value is -5.55. The minimum atomic E-state index is -0.977. The first-order valence-corrected chi connectivity index (χ1v) is 15.0. The molecule has 1 fully saturated rings. The molecule has 3 N–H and O–H groups in total. The molecule has 46 heavy (non-hydrogen) atoms. The molecule has 1 aliphatic rings. The summed E-state index contributed by atoms with van der Waals surface area (Å²) in [6.07, 6.45) is 1.25. The monoisotopic (exact) mass is 619 g/mol.